The highest BCUT2D eigenvalue weighted by Gasteiger charge is 2.32. The van der Waals surface area contributed by atoms with E-state index < -0.39 is 15.1 Å². The van der Waals surface area contributed by atoms with Gasteiger partial charge < -0.3 is 4.90 Å². The van der Waals surface area contributed by atoms with E-state index in [1.807, 2.05) is 60.7 Å². The van der Waals surface area contributed by atoms with Gasteiger partial charge in [-0.1, -0.05) is 48.5 Å². The first-order valence-electron chi connectivity index (χ1n) is 8.78. The van der Waals surface area contributed by atoms with Crippen LogP contribution in [-0.2, 0) is 14.6 Å². The summed E-state index contributed by atoms with van der Waals surface area (Å²) in [4.78, 5) is 15.4. The van der Waals surface area contributed by atoms with Crippen LogP contribution in [0, 0.1) is 0 Å². The smallest absolute Gasteiger partial charge is 0.223 e. The van der Waals surface area contributed by atoms with Crippen molar-refractivity contribution < 1.29 is 13.2 Å². The number of hydrogen-bond donors (Lipinski definition) is 0. The van der Waals surface area contributed by atoms with Crippen LogP contribution >= 0.6 is 11.8 Å². The first-order valence-corrected chi connectivity index (χ1v) is 11.5. The third kappa shape index (κ3) is 4.89. The first kappa shape index (κ1) is 19.0. The number of hydrogen-bond acceptors (Lipinski definition) is 4. The van der Waals surface area contributed by atoms with E-state index in [0.717, 1.165) is 10.5 Å². The van der Waals surface area contributed by atoms with Crippen molar-refractivity contribution in [3.8, 4) is 0 Å². The second-order valence-corrected chi connectivity index (χ2v) is 9.82. The zero-order chi connectivity index (χ0) is 18.4. The average Bonchev–Trinajstić information content (AvgIpc) is 2.81. The van der Waals surface area contributed by atoms with E-state index in [-0.39, 0.29) is 11.7 Å². The lowest BCUT2D eigenvalue weighted by Gasteiger charge is -2.20. The maximum Gasteiger partial charge on any atom is 0.223 e. The van der Waals surface area contributed by atoms with Gasteiger partial charge in [0, 0.05) is 30.2 Å². The first-order chi connectivity index (χ1) is 12.6. The molecule has 2 aromatic carbocycles. The van der Waals surface area contributed by atoms with Gasteiger partial charge in [-0.25, -0.2) is 8.42 Å². The molecule has 1 atom stereocenters. The molecule has 0 spiro atoms. The van der Waals surface area contributed by atoms with Crippen LogP contribution in [0.4, 0.5) is 0 Å². The summed E-state index contributed by atoms with van der Waals surface area (Å²) in [6.07, 6.45) is 0.888. The van der Waals surface area contributed by atoms with Crippen molar-refractivity contribution in [3.05, 3.63) is 66.2 Å². The van der Waals surface area contributed by atoms with Crippen LogP contribution in [0.15, 0.2) is 65.6 Å². The minimum atomic E-state index is -3.24. The molecule has 1 aliphatic rings. The number of rotatable bonds is 5. The fourth-order valence-electron chi connectivity index (χ4n) is 3.17. The summed E-state index contributed by atoms with van der Waals surface area (Å²) in [6.45, 7) is 0.786. The zero-order valence-electron chi connectivity index (χ0n) is 14.6. The Kier molecular flexibility index (Phi) is 6.38. The van der Waals surface area contributed by atoms with Crippen molar-refractivity contribution in [2.24, 2.45) is 0 Å². The lowest BCUT2D eigenvalue weighted by Crippen LogP contribution is -2.33. The summed E-state index contributed by atoms with van der Waals surface area (Å²) in [5.41, 5.74) is 0.821. The second kappa shape index (κ2) is 8.73. The summed E-state index contributed by atoms with van der Waals surface area (Å²) >= 11 is 1.65. The second-order valence-electron chi connectivity index (χ2n) is 6.35. The highest BCUT2D eigenvalue weighted by atomic mass is 32.2. The topological polar surface area (TPSA) is 54.5 Å². The molecule has 0 bridgehead atoms. The maximum atomic E-state index is 12.6. The monoisotopic (exact) mass is 389 g/mol. The molecule has 138 valence electrons. The molecule has 0 radical (unpaired) electrons. The Bertz CT molecular complexity index is 823. The van der Waals surface area contributed by atoms with Gasteiger partial charge >= 0.3 is 0 Å². The van der Waals surface area contributed by atoms with Gasteiger partial charge in [0.2, 0.25) is 5.91 Å². The maximum absolute atomic E-state index is 12.6. The molecule has 1 heterocycles. The Morgan fingerprint density at radius 2 is 1.65 bits per heavy atom. The molecule has 0 N–H and O–H groups in total. The van der Waals surface area contributed by atoms with Crippen molar-refractivity contribution >= 4 is 27.5 Å². The Morgan fingerprint density at radius 1 is 1.00 bits per heavy atom. The van der Waals surface area contributed by atoms with Crippen LogP contribution in [0.3, 0.4) is 0 Å². The number of nitrogens with zero attached hydrogens (tertiary/aromatic N) is 1. The molecule has 4 nitrogen and oxygen atoms in total. The third-order valence-corrected chi connectivity index (χ3v) is 7.73. The molecule has 1 aliphatic heterocycles. The summed E-state index contributed by atoms with van der Waals surface area (Å²) in [5.74, 6) is 0.774. The van der Waals surface area contributed by atoms with Crippen LogP contribution in [-0.4, -0.2) is 43.8 Å². The van der Waals surface area contributed by atoms with Crippen LogP contribution in [0.1, 0.15) is 23.7 Å². The summed E-state index contributed by atoms with van der Waals surface area (Å²) in [6, 6.07) is 19.3. The lowest BCUT2D eigenvalue weighted by atomic mass is 10.1. The Hall–Kier alpha value is -1.79. The van der Waals surface area contributed by atoms with Crippen molar-refractivity contribution in [2.75, 3.05) is 24.6 Å². The lowest BCUT2D eigenvalue weighted by molar-refractivity contribution is -0.130. The Labute approximate surface area is 159 Å². The van der Waals surface area contributed by atoms with Crippen LogP contribution in [0.5, 0.6) is 0 Å². The number of benzene rings is 2. The predicted octanol–water partition coefficient (Wildman–Crippen LogP) is 3.56. The molecule has 6 heteroatoms. The number of sulfone groups is 1. The van der Waals surface area contributed by atoms with Gasteiger partial charge in [0.05, 0.1) is 11.0 Å². The molecule has 1 fully saturated rings. The summed E-state index contributed by atoms with van der Waals surface area (Å²) < 4.78 is 25.3. The van der Waals surface area contributed by atoms with E-state index in [1.165, 1.54) is 0 Å². The van der Waals surface area contributed by atoms with E-state index in [4.69, 9.17) is 0 Å². The minimum absolute atomic E-state index is 0.0319. The molecule has 0 aromatic heterocycles. The van der Waals surface area contributed by atoms with Gasteiger partial charge in [-0.05, 0) is 24.1 Å². The summed E-state index contributed by atoms with van der Waals surface area (Å²) in [7, 11) is -3.24. The molecule has 26 heavy (non-hydrogen) atoms. The van der Waals surface area contributed by atoms with Crippen molar-refractivity contribution in [1.29, 1.82) is 0 Å². The Morgan fingerprint density at radius 3 is 2.35 bits per heavy atom. The molecule has 1 saturated heterocycles. The molecule has 0 aliphatic carbocycles. The van der Waals surface area contributed by atoms with E-state index in [1.54, 1.807) is 16.7 Å². The molecule has 1 unspecified atom stereocenters. The fraction of sp³-hybridized carbons (Fsp3) is 0.350. The van der Waals surface area contributed by atoms with E-state index >= 15 is 0 Å². The molecular formula is C20H23NO3S2. The van der Waals surface area contributed by atoms with Crippen molar-refractivity contribution in [1.82, 2.24) is 4.90 Å². The van der Waals surface area contributed by atoms with Gasteiger partial charge in [-0.15, -0.1) is 11.8 Å². The fourth-order valence-corrected chi connectivity index (χ4v) is 5.82. The third-order valence-electron chi connectivity index (χ3n) is 4.59. The predicted molar refractivity (Wildman–Crippen MR) is 106 cm³/mol. The molecule has 0 saturated carbocycles. The number of amides is 1. The SMILES string of the molecule is O=C(CCSc1ccccc1)N1CCC(c2ccccc2)S(=O)(=O)CC1. The molecule has 2 aromatic rings. The van der Waals surface area contributed by atoms with Gasteiger partial charge in [-0.2, -0.15) is 0 Å². The van der Waals surface area contributed by atoms with Crippen molar-refractivity contribution in [2.45, 2.75) is 23.0 Å². The van der Waals surface area contributed by atoms with E-state index in [2.05, 4.69) is 0 Å². The van der Waals surface area contributed by atoms with Gasteiger partial charge in [-0.3, -0.25) is 4.79 Å². The van der Waals surface area contributed by atoms with Crippen LogP contribution in [0.25, 0.3) is 0 Å². The molecule has 3 rings (SSSR count). The standard InChI is InChI=1S/C20H23NO3S2/c22-20(12-15-25-18-9-5-2-6-10-18)21-13-11-19(26(23,24)16-14-21)17-7-3-1-4-8-17/h1-10,19H,11-16H2. The zero-order valence-corrected chi connectivity index (χ0v) is 16.2. The van der Waals surface area contributed by atoms with E-state index in [0.29, 0.717) is 31.7 Å². The van der Waals surface area contributed by atoms with Gasteiger partial charge in [0.25, 0.3) is 0 Å². The molecule has 1 amide bonds. The number of carbonyl (C=O) groups excluding carboxylic acids is 1. The summed E-state index contributed by atoms with van der Waals surface area (Å²) in [5, 5.41) is -0.514. The average molecular weight is 390 g/mol. The van der Waals surface area contributed by atoms with E-state index in [9.17, 15) is 13.2 Å². The number of thioether (sulfide) groups is 1. The highest BCUT2D eigenvalue weighted by Crippen LogP contribution is 2.29. The normalized spacial score (nSPS) is 19.7. The molecular weight excluding hydrogens is 366 g/mol. The van der Waals surface area contributed by atoms with Crippen LogP contribution in [0.2, 0.25) is 0 Å². The minimum Gasteiger partial charge on any atom is -0.342 e. The number of carbonyl (C=O) groups is 1. The van der Waals surface area contributed by atoms with Crippen molar-refractivity contribution in [3.63, 3.8) is 0 Å². The van der Waals surface area contributed by atoms with Gasteiger partial charge in [0.15, 0.2) is 9.84 Å². The Balaban J connectivity index is 1.58. The van der Waals surface area contributed by atoms with Gasteiger partial charge in [0.1, 0.15) is 0 Å². The quantitative estimate of drug-likeness (QED) is 0.734. The highest BCUT2D eigenvalue weighted by molar-refractivity contribution is 7.99. The largest absolute Gasteiger partial charge is 0.342 e. The van der Waals surface area contributed by atoms with Crippen LogP contribution < -0.4 is 0 Å².